The van der Waals surface area contributed by atoms with Crippen LogP contribution in [0.2, 0.25) is 0 Å². The molecule has 0 spiro atoms. The van der Waals surface area contributed by atoms with E-state index in [1.807, 2.05) is 12.1 Å². The van der Waals surface area contributed by atoms with Gasteiger partial charge in [-0.25, -0.2) is 4.39 Å². The Bertz CT molecular complexity index is 1110. The number of amides is 2. The molecule has 0 aliphatic rings. The number of esters is 1. The highest BCUT2D eigenvalue weighted by molar-refractivity contribution is 7.16. The number of ether oxygens (including phenoxy) is 1. The number of benzene rings is 2. The van der Waals surface area contributed by atoms with Gasteiger partial charge in [0.15, 0.2) is 0 Å². The Balaban J connectivity index is 1.54. The Morgan fingerprint density at radius 2 is 1.71 bits per heavy atom. The maximum Gasteiger partial charge on any atom is 0.325 e. The fraction of sp³-hybridized carbons (Fsp3) is 0.0870. The van der Waals surface area contributed by atoms with Gasteiger partial charge in [0.05, 0.1) is 7.11 Å². The van der Waals surface area contributed by atoms with Crippen molar-refractivity contribution in [1.82, 2.24) is 5.32 Å². The number of anilines is 1. The lowest BCUT2D eigenvalue weighted by Crippen LogP contribution is -2.30. The zero-order valence-electron chi connectivity index (χ0n) is 16.6. The van der Waals surface area contributed by atoms with Crippen LogP contribution in [-0.4, -0.2) is 31.4 Å². The van der Waals surface area contributed by atoms with Crippen molar-refractivity contribution in [3.05, 3.63) is 83.0 Å². The standard InChI is InChI=1S/C23H19FN2O4S/c1-30-22(28)14-25-23(29)16-4-8-18(9-5-16)26-21(27)13-11-19-10-12-20(31-19)15-2-6-17(24)7-3-15/h2-13H,14H2,1H3,(H,25,29)(H,26,27)/b13-11+. The van der Waals surface area contributed by atoms with E-state index in [1.54, 1.807) is 42.5 Å². The highest BCUT2D eigenvalue weighted by Gasteiger charge is 2.08. The van der Waals surface area contributed by atoms with E-state index in [4.69, 9.17) is 0 Å². The number of nitrogens with one attached hydrogen (secondary N) is 2. The minimum atomic E-state index is -0.542. The summed E-state index contributed by atoms with van der Waals surface area (Å²) in [5, 5.41) is 5.15. The average molecular weight is 438 g/mol. The topological polar surface area (TPSA) is 84.5 Å². The summed E-state index contributed by atoms with van der Waals surface area (Å²) in [6.45, 7) is -0.218. The molecule has 2 N–H and O–H groups in total. The predicted octanol–water partition coefficient (Wildman–Crippen LogP) is 4.11. The molecule has 6 nitrogen and oxygen atoms in total. The Morgan fingerprint density at radius 1 is 1.00 bits per heavy atom. The number of methoxy groups -OCH3 is 1. The number of thiophene rings is 1. The van der Waals surface area contributed by atoms with Gasteiger partial charge in [-0.15, -0.1) is 11.3 Å². The lowest BCUT2D eigenvalue weighted by atomic mass is 10.2. The van der Waals surface area contributed by atoms with Crippen LogP contribution < -0.4 is 10.6 Å². The van der Waals surface area contributed by atoms with Crippen LogP contribution >= 0.6 is 11.3 Å². The van der Waals surface area contributed by atoms with Crippen molar-refractivity contribution in [2.24, 2.45) is 0 Å². The van der Waals surface area contributed by atoms with Gasteiger partial charge in [-0.2, -0.15) is 0 Å². The first-order chi connectivity index (χ1) is 14.9. The van der Waals surface area contributed by atoms with E-state index in [9.17, 15) is 18.8 Å². The van der Waals surface area contributed by atoms with Crippen LogP contribution in [0.4, 0.5) is 10.1 Å². The van der Waals surface area contributed by atoms with Crippen LogP contribution in [0.25, 0.3) is 16.5 Å². The van der Waals surface area contributed by atoms with Gasteiger partial charge in [-0.3, -0.25) is 14.4 Å². The molecule has 1 aromatic heterocycles. The van der Waals surface area contributed by atoms with Crippen LogP contribution in [0.15, 0.2) is 66.7 Å². The summed E-state index contributed by atoms with van der Waals surface area (Å²) in [7, 11) is 1.24. The Labute approximate surface area is 182 Å². The molecule has 2 aromatic carbocycles. The molecule has 0 saturated carbocycles. The monoisotopic (exact) mass is 438 g/mol. The number of halogens is 1. The van der Waals surface area contributed by atoms with Crippen LogP contribution in [0.3, 0.4) is 0 Å². The van der Waals surface area contributed by atoms with Crippen molar-refractivity contribution in [2.45, 2.75) is 0 Å². The molecular weight excluding hydrogens is 419 g/mol. The molecule has 8 heteroatoms. The number of rotatable bonds is 7. The molecular formula is C23H19FN2O4S. The van der Waals surface area contributed by atoms with E-state index < -0.39 is 11.9 Å². The maximum absolute atomic E-state index is 13.0. The summed E-state index contributed by atoms with van der Waals surface area (Å²) in [4.78, 5) is 37.0. The van der Waals surface area contributed by atoms with Crippen LogP contribution in [0.1, 0.15) is 15.2 Å². The molecule has 1 heterocycles. The van der Waals surface area contributed by atoms with Crippen molar-refractivity contribution < 1.29 is 23.5 Å². The van der Waals surface area contributed by atoms with Gasteiger partial charge in [-0.1, -0.05) is 12.1 Å². The molecule has 0 saturated heterocycles. The van der Waals surface area contributed by atoms with Crippen molar-refractivity contribution in [3.63, 3.8) is 0 Å². The summed E-state index contributed by atoms with van der Waals surface area (Å²) in [6, 6.07) is 16.3. The Morgan fingerprint density at radius 3 is 2.39 bits per heavy atom. The second-order valence-electron chi connectivity index (χ2n) is 6.37. The highest BCUT2D eigenvalue weighted by Crippen LogP contribution is 2.28. The minimum absolute atomic E-state index is 0.218. The van der Waals surface area contributed by atoms with Gasteiger partial charge in [0, 0.05) is 27.1 Å². The smallest absolute Gasteiger partial charge is 0.325 e. The highest BCUT2D eigenvalue weighted by atomic mass is 32.1. The third kappa shape index (κ3) is 6.35. The molecule has 3 rings (SSSR count). The van der Waals surface area contributed by atoms with Crippen LogP contribution in [0, 0.1) is 5.82 Å². The lowest BCUT2D eigenvalue weighted by molar-refractivity contribution is -0.139. The van der Waals surface area contributed by atoms with Crippen molar-refractivity contribution in [1.29, 1.82) is 0 Å². The average Bonchev–Trinajstić information content (AvgIpc) is 3.26. The van der Waals surface area contributed by atoms with E-state index in [-0.39, 0.29) is 18.3 Å². The molecule has 0 aliphatic carbocycles. The molecule has 0 unspecified atom stereocenters. The maximum atomic E-state index is 13.0. The number of carbonyl (C=O) groups excluding carboxylic acids is 3. The molecule has 0 atom stereocenters. The third-order valence-electron chi connectivity index (χ3n) is 4.19. The first-order valence-electron chi connectivity index (χ1n) is 9.24. The molecule has 0 aliphatic heterocycles. The van der Waals surface area contributed by atoms with E-state index in [0.29, 0.717) is 11.3 Å². The Hall–Kier alpha value is -3.78. The molecule has 2 amide bonds. The lowest BCUT2D eigenvalue weighted by Gasteiger charge is -2.06. The fourth-order valence-electron chi connectivity index (χ4n) is 2.59. The zero-order chi connectivity index (χ0) is 22.2. The number of carbonyl (C=O) groups is 3. The SMILES string of the molecule is COC(=O)CNC(=O)c1ccc(NC(=O)/C=C/c2ccc(-c3ccc(F)cc3)s2)cc1. The van der Waals surface area contributed by atoms with Gasteiger partial charge in [0.1, 0.15) is 12.4 Å². The second-order valence-corrected chi connectivity index (χ2v) is 7.48. The van der Waals surface area contributed by atoms with E-state index >= 15 is 0 Å². The Kier molecular flexibility index (Phi) is 7.29. The summed E-state index contributed by atoms with van der Waals surface area (Å²) >= 11 is 1.49. The summed E-state index contributed by atoms with van der Waals surface area (Å²) < 4.78 is 17.5. The fourth-order valence-corrected chi connectivity index (χ4v) is 3.50. The molecule has 3 aromatic rings. The number of hydrogen-bond acceptors (Lipinski definition) is 5. The van der Waals surface area contributed by atoms with Gasteiger partial charge >= 0.3 is 5.97 Å². The zero-order valence-corrected chi connectivity index (χ0v) is 17.4. The van der Waals surface area contributed by atoms with E-state index in [1.165, 1.54) is 36.7 Å². The third-order valence-corrected chi connectivity index (χ3v) is 5.29. The second kappa shape index (κ2) is 10.3. The molecule has 0 bridgehead atoms. The van der Waals surface area contributed by atoms with E-state index in [2.05, 4.69) is 15.4 Å². The summed E-state index contributed by atoms with van der Waals surface area (Å²) in [5.41, 5.74) is 1.79. The molecule has 31 heavy (non-hydrogen) atoms. The summed E-state index contributed by atoms with van der Waals surface area (Å²) in [6.07, 6.45) is 3.11. The summed E-state index contributed by atoms with van der Waals surface area (Å²) in [5.74, 6) is -1.57. The first-order valence-corrected chi connectivity index (χ1v) is 10.1. The van der Waals surface area contributed by atoms with Gasteiger partial charge in [0.2, 0.25) is 5.91 Å². The first kappa shape index (κ1) is 21.9. The molecule has 158 valence electrons. The normalized spacial score (nSPS) is 10.6. The molecule has 0 radical (unpaired) electrons. The number of hydrogen-bond donors (Lipinski definition) is 2. The van der Waals surface area contributed by atoms with Crippen LogP contribution in [0.5, 0.6) is 0 Å². The predicted molar refractivity (Wildman–Crippen MR) is 118 cm³/mol. The van der Waals surface area contributed by atoms with Crippen molar-refractivity contribution in [2.75, 3.05) is 19.0 Å². The minimum Gasteiger partial charge on any atom is -0.468 e. The van der Waals surface area contributed by atoms with Crippen LogP contribution in [-0.2, 0) is 14.3 Å². The van der Waals surface area contributed by atoms with E-state index in [0.717, 1.165) is 15.3 Å². The molecule has 0 fully saturated rings. The van der Waals surface area contributed by atoms with Gasteiger partial charge in [-0.05, 0) is 60.2 Å². The van der Waals surface area contributed by atoms with Crippen molar-refractivity contribution in [3.8, 4) is 10.4 Å². The van der Waals surface area contributed by atoms with Crippen molar-refractivity contribution >= 4 is 40.9 Å². The van der Waals surface area contributed by atoms with Gasteiger partial charge in [0.25, 0.3) is 5.91 Å². The largest absolute Gasteiger partial charge is 0.468 e. The quantitative estimate of drug-likeness (QED) is 0.430. The van der Waals surface area contributed by atoms with Gasteiger partial charge < -0.3 is 15.4 Å².